The van der Waals surface area contributed by atoms with E-state index in [0.29, 0.717) is 21.5 Å². The first-order valence-electron chi connectivity index (χ1n) is 8.13. The SMILES string of the molecule is CN(Cc1ccc(Cl)c(Cl)c1)C(=O)COC(=O)c1ccccc1SCC(N)=O. The van der Waals surface area contributed by atoms with Crippen LogP contribution in [0.15, 0.2) is 47.4 Å². The number of carbonyl (C=O) groups is 3. The summed E-state index contributed by atoms with van der Waals surface area (Å²) in [5.41, 5.74) is 6.21. The maximum Gasteiger partial charge on any atom is 0.339 e. The minimum Gasteiger partial charge on any atom is -0.452 e. The van der Waals surface area contributed by atoms with Gasteiger partial charge in [-0.1, -0.05) is 41.4 Å². The van der Waals surface area contributed by atoms with Gasteiger partial charge in [0.05, 0.1) is 21.4 Å². The lowest BCUT2D eigenvalue weighted by Crippen LogP contribution is -2.30. The molecule has 6 nitrogen and oxygen atoms in total. The van der Waals surface area contributed by atoms with Crippen LogP contribution in [0.3, 0.4) is 0 Å². The topological polar surface area (TPSA) is 89.7 Å². The quantitative estimate of drug-likeness (QED) is 0.501. The van der Waals surface area contributed by atoms with Gasteiger partial charge in [0.15, 0.2) is 6.61 Å². The van der Waals surface area contributed by atoms with Crippen LogP contribution in [0.2, 0.25) is 10.0 Å². The predicted octanol–water partition coefficient (Wildman–Crippen LogP) is 3.39. The average Bonchev–Trinajstić information content (AvgIpc) is 2.67. The lowest BCUT2D eigenvalue weighted by Gasteiger charge is -2.18. The number of amides is 2. The fourth-order valence-corrected chi connectivity index (χ4v) is 3.33. The fourth-order valence-electron chi connectivity index (χ4n) is 2.23. The van der Waals surface area contributed by atoms with Crippen LogP contribution in [0.25, 0.3) is 0 Å². The second-order valence-corrected chi connectivity index (χ2v) is 7.66. The summed E-state index contributed by atoms with van der Waals surface area (Å²) < 4.78 is 5.13. The summed E-state index contributed by atoms with van der Waals surface area (Å²) in [7, 11) is 1.59. The van der Waals surface area contributed by atoms with Crippen LogP contribution in [0.4, 0.5) is 0 Å². The van der Waals surface area contributed by atoms with Gasteiger partial charge in [-0.3, -0.25) is 9.59 Å². The Bertz CT molecular complexity index is 892. The normalized spacial score (nSPS) is 10.4. The third-order valence-electron chi connectivity index (χ3n) is 3.63. The Morgan fingerprint density at radius 1 is 1.11 bits per heavy atom. The fraction of sp³-hybridized carbons (Fsp3) is 0.211. The molecule has 2 aromatic carbocycles. The molecule has 2 aromatic rings. The summed E-state index contributed by atoms with van der Waals surface area (Å²) in [6.07, 6.45) is 0. The first kappa shape index (κ1) is 22.1. The van der Waals surface area contributed by atoms with E-state index in [-0.39, 0.29) is 17.2 Å². The summed E-state index contributed by atoms with van der Waals surface area (Å²) in [6.45, 7) is -0.121. The second-order valence-electron chi connectivity index (χ2n) is 5.83. The number of nitrogens with zero attached hydrogens (tertiary/aromatic N) is 1. The van der Waals surface area contributed by atoms with Gasteiger partial charge in [0, 0.05) is 18.5 Å². The summed E-state index contributed by atoms with van der Waals surface area (Å²) in [5.74, 6) is -1.48. The summed E-state index contributed by atoms with van der Waals surface area (Å²) >= 11 is 13.0. The van der Waals surface area contributed by atoms with Gasteiger partial charge in [0.1, 0.15) is 0 Å². The standard InChI is InChI=1S/C19H18Cl2N2O4S/c1-23(9-12-6-7-14(20)15(21)8-12)18(25)10-27-19(26)13-4-2-3-5-16(13)28-11-17(22)24/h2-8H,9-11H2,1H3,(H2,22,24). The number of thioether (sulfide) groups is 1. The average molecular weight is 441 g/mol. The number of rotatable bonds is 8. The van der Waals surface area contributed by atoms with Gasteiger partial charge in [-0.25, -0.2) is 4.79 Å². The molecule has 0 aliphatic carbocycles. The molecule has 0 fully saturated rings. The van der Waals surface area contributed by atoms with Crippen LogP contribution in [-0.2, 0) is 20.9 Å². The second kappa shape index (κ2) is 10.4. The highest BCUT2D eigenvalue weighted by Crippen LogP contribution is 2.24. The van der Waals surface area contributed by atoms with Crippen LogP contribution < -0.4 is 5.73 Å². The van der Waals surface area contributed by atoms with E-state index in [4.69, 9.17) is 33.7 Å². The van der Waals surface area contributed by atoms with E-state index in [1.807, 2.05) is 0 Å². The molecule has 0 atom stereocenters. The minimum atomic E-state index is -0.649. The molecule has 2 N–H and O–H groups in total. The smallest absolute Gasteiger partial charge is 0.339 e. The Kier molecular flexibility index (Phi) is 8.17. The number of benzene rings is 2. The highest BCUT2D eigenvalue weighted by molar-refractivity contribution is 8.00. The van der Waals surface area contributed by atoms with E-state index in [1.54, 1.807) is 49.5 Å². The zero-order valence-electron chi connectivity index (χ0n) is 15.0. The molecule has 28 heavy (non-hydrogen) atoms. The van der Waals surface area contributed by atoms with E-state index in [1.165, 1.54) is 4.90 Å². The Labute approximate surface area is 176 Å². The first-order chi connectivity index (χ1) is 13.3. The molecule has 0 aliphatic heterocycles. The molecule has 9 heteroatoms. The lowest BCUT2D eigenvalue weighted by molar-refractivity contribution is -0.133. The van der Waals surface area contributed by atoms with Crippen LogP contribution in [0, 0.1) is 0 Å². The van der Waals surface area contributed by atoms with Crippen molar-refractivity contribution in [3.05, 3.63) is 63.6 Å². The molecule has 2 amide bonds. The van der Waals surface area contributed by atoms with Gasteiger partial charge < -0.3 is 15.4 Å². The van der Waals surface area contributed by atoms with Gasteiger partial charge >= 0.3 is 5.97 Å². The van der Waals surface area contributed by atoms with Crippen molar-refractivity contribution in [2.45, 2.75) is 11.4 Å². The van der Waals surface area contributed by atoms with E-state index in [2.05, 4.69) is 0 Å². The molecule has 0 saturated heterocycles. The molecule has 2 rings (SSSR count). The Morgan fingerprint density at radius 3 is 2.50 bits per heavy atom. The first-order valence-corrected chi connectivity index (χ1v) is 9.87. The van der Waals surface area contributed by atoms with E-state index >= 15 is 0 Å². The number of halogens is 2. The largest absolute Gasteiger partial charge is 0.452 e. The molecule has 0 saturated carbocycles. The maximum atomic E-state index is 12.3. The van der Waals surface area contributed by atoms with Crippen molar-refractivity contribution >= 4 is 52.7 Å². The summed E-state index contributed by atoms with van der Waals surface area (Å²) in [5, 5.41) is 0.831. The Balaban J connectivity index is 1.93. The molecular formula is C19H18Cl2N2O4S. The van der Waals surface area contributed by atoms with Crippen LogP contribution in [0.5, 0.6) is 0 Å². The molecule has 0 bridgehead atoms. The van der Waals surface area contributed by atoms with Crippen molar-refractivity contribution in [1.82, 2.24) is 4.90 Å². The van der Waals surface area contributed by atoms with Crippen molar-refractivity contribution in [3.8, 4) is 0 Å². The van der Waals surface area contributed by atoms with Gasteiger partial charge in [0.2, 0.25) is 5.91 Å². The third-order valence-corrected chi connectivity index (χ3v) is 5.47. The predicted molar refractivity (Wildman–Crippen MR) is 110 cm³/mol. The monoisotopic (exact) mass is 440 g/mol. The number of ether oxygens (including phenoxy) is 1. The number of hydrogen-bond acceptors (Lipinski definition) is 5. The number of nitrogens with two attached hydrogens (primary N) is 1. The van der Waals surface area contributed by atoms with Crippen LogP contribution in [0.1, 0.15) is 15.9 Å². The van der Waals surface area contributed by atoms with Crippen molar-refractivity contribution < 1.29 is 19.1 Å². The zero-order chi connectivity index (χ0) is 20.7. The molecule has 0 aromatic heterocycles. The van der Waals surface area contributed by atoms with Crippen molar-refractivity contribution in [2.24, 2.45) is 5.73 Å². The lowest BCUT2D eigenvalue weighted by atomic mass is 10.2. The number of carbonyl (C=O) groups excluding carboxylic acids is 3. The van der Waals surface area contributed by atoms with Gasteiger partial charge in [-0.2, -0.15) is 0 Å². The maximum absolute atomic E-state index is 12.3. The van der Waals surface area contributed by atoms with Crippen LogP contribution in [-0.4, -0.2) is 42.1 Å². The van der Waals surface area contributed by atoms with Crippen molar-refractivity contribution in [3.63, 3.8) is 0 Å². The summed E-state index contributed by atoms with van der Waals surface area (Å²) in [4.78, 5) is 37.5. The minimum absolute atomic E-state index is 0.0373. The van der Waals surface area contributed by atoms with Crippen molar-refractivity contribution in [2.75, 3.05) is 19.4 Å². The Hall–Kier alpha value is -2.22. The van der Waals surface area contributed by atoms with E-state index < -0.39 is 18.5 Å². The van der Waals surface area contributed by atoms with E-state index in [0.717, 1.165) is 17.3 Å². The van der Waals surface area contributed by atoms with Gasteiger partial charge in [-0.15, -0.1) is 11.8 Å². The highest BCUT2D eigenvalue weighted by Gasteiger charge is 2.17. The summed E-state index contributed by atoms with van der Waals surface area (Å²) in [6, 6.07) is 11.7. The van der Waals surface area contributed by atoms with E-state index in [9.17, 15) is 14.4 Å². The third kappa shape index (κ3) is 6.44. The number of primary amides is 1. The van der Waals surface area contributed by atoms with Gasteiger partial charge in [-0.05, 0) is 29.8 Å². The molecule has 0 heterocycles. The molecule has 0 aliphatic rings. The van der Waals surface area contributed by atoms with Gasteiger partial charge in [0.25, 0.3) is 5.91 Å². The number of hydrogen-bond donors (Lipinski definition) is 1. The number of esters is 1. The molecule has 148 valence electrons. The van der Waals surface area contributed by atoms with Crippen molar-refractivity contribution in [1.29, 1.82) is 0 Å². The molecule has 0 spiro atoms. The zero-order valence-corrected chi connectivity index (χ0v) is 17.3. The van der Waals surface area contributed by atoms with Crippen LogP contribution >= 0.6 is 35.0 Å². The highest BCUT2D eigenvalue weighted by atomic mass is 35.5. The molecule has 0 unspecified atom stereocenters. The molecule has 0 radical (unpaired) electrons. The Morgan fingerprint density at radius 2 is 1.82 bits per heavy atom. The number of likely N-dealkylation sites (N-methyl/N-ethyl adjacent to an activating group) is 1. The molecular weight excluding hydrogens is 423 g/mol.